The predicted octanol–water partition coefficient (Wildman–Crippen LogP) is 9.06. The first-order chi connectivity index (χ1) is 21.4. The highest BCUT2D eigenvalue weighted by Crippen LogP contribution is 2.55. The van der Waals surface area contributed by atoms with Crippen molar-refractivity contribution in [3.8, 4) is 11.5 Å². The zero-order chi connectivity index (χ0) is 31.7. The summed E-state index contributed by atoms with van der Waals surface area (Å²) in [5, 5.41) is 5.62. The molecule has 0 bridgehead atoms. The molecule has 1 aromatic heterocycles. The summed E-state index contributed by atoms with van der Waals surface area (Å²) >= 11 is 13.3. The topological polar surface area (TPSA) is 99.3 Å². The summed E-state index contributed by atoms with van der Waals surface area (Å²) in [6, 6.07) is 25.5. The van der Waals surface area contributed by atoms with Crippen molar-refractivity contribution >= 4 is 78.0 Å². The molecule has 8 nitrogen and oxygen atoms in total. The van der Waals surface area contributed by atoms with E-state index in [1.54, 1.807) is 36.4 Å². The average molecular weight is 659 g/mol. The van der Waals surface area contributed by atoms with E-state index < -0.39 is 15.4 Å². The number of benzene rings is 5. The van der Waals surface area contributed by atoms with Gasteiger partial charge in [-0.15, -0.1) is 0 Å². The van der Waals surface area contributed by atoms with Gasteiger partial charge in [-0.05, 0) is 48.5 Å². The largest absolute Gasteiger partial charge is 0.452 e. The number of sulfonamides is 1. The Hall–Kier alpha value is -4.44. The molecule has 0 saturated carbocycles. The van der Waals surface area contributed by atoms with Gasteiger partial charge in [-0.2, -0.15) is 0 Å². The van der Waals surface area contributed by atoms with Gasteiger partial charge >= 0.3 is 0 Å². The van der Waals surface area contributed by atoms with E-state index >= 15 is 0 Å². The lowest BCUT2D eigenvalue weighted by atomic mass is 9.75. The quantitative estimate of drug-likeness (QED) is 0.165. The monoisotopic (exact) mass is 657 g/mol. The number of hydrogen-bond donors (Lipinski definition) is 3. The molecule has 3 N–H and O–H groups in total. The van der Waals surface area contributed by atoms with Gasteiger partial charge in [0.15, 0.2) is 11.5 Å². The average Bonchev–Trinajstić information content (AvgIpc) is 3.40. The minimum Gasteiger partial charge on any atom is -0.452 e. The smallest absolute Gasteiger partial charge is 0.262 e. The number of halogens is 2. The molecule has 0 spiro atoms. The highest BCUT2D eigenvalue weighted by atomic mass is 35.5. The van der Waals surface area contributed by atoms with Gasteiger partial charge in [0, 0.05) is 57.1 Å². The fraction of sp³-hybridized carbons (Fsp3) is 0.147. The van der Waals surface area contributed by atoms with Crippen molar-refractivity contribution in [2.75, 3.05) is 29.0 Å². The highest BCUT2D eigenvalue weighted by Gasteiger charge is 2.38. The first-order valence-electron chi connectivity index (χ1n) is 14.2. The molecule has 228 valence electrons. The Kier molecular flexibility index (Phi) is 6.88. The first kappa shape index (κ1) is 29.3. The minimum atomic E-state index is -4.09. The van der Waals surface area contributed by atoms with Crippen molar-refractivity contribution in [1.82, 2.24) is 9.97 Å². The van der Waals surface area contributed by atoms with Crippen LogP contribution in [0.5, 0.6) is 11.5 Å². The van der Waals surface area contributed by atoms with E-state index in [1.807, 2.05) is 81.4 Å². The predicted molar refractivity (Wildman–Crippen MR) is 184 cm³/mol. The number of anilines is 4. The van der Waals surface area contributed by atoms with Gasteiger partial charge < -0.3 is 19.9 Å². The number of aromatic nitrogens is 2. The maximum atomic E-state index is 14.1. The highest BCUT2D eigenvalue weighted by molar-refractivity contribution is 7.93. The number of rotatable bonds is 6. The molecule has 6 aromatic rings. The van der Waals surface area contributed by atoms with Crippen molar-refractivity contribution in [1.29, 1.82) is 0 Å². The molecule has 7 rings (SSSR count). The van der Waals surface area contributed by atoms with Crippen molar-refractivity contribution in [3.63, 3.8) is 0 Å². The molecule has 0 aliphatic carbocycles. The second-order valence-corrected chi connectivity index (χ2v) is 14.3. The lowest BCUT2D eigenvalue weighted by Gasteiger charge is -2.36. The summed E-state index contributed by atoms with van der Waals surface area (Å²) in [5.41, 5.74) is 4.25. The van der Waals surface area contributed by atoms with Gasteiger partial charge in [0.2, 0.25) is 5.95 Å². The zero-order valence-corrected chi connectivity index (χ0v) is 27.2. The molecule has 0 unspecified atom stereocenters. The third-order valence-electron chi connectivity index (χ3n) is 8.18. The molecule has 0 saturated heterocycles. The molecular weight excluding hydrogens is 629 g/mol. The van der Waals surface area contributed by atoms with Crippen molar-refractivity contribution in [3.05, 3.63) is 106 Å². The molecule has 0 atom stereocenters. The Balaban J connectivity index is 1.33. The Bertz CT molecular complexity index is 2230. The summed E-state index contributed by atoms with van der Waals surface area (Å²) < 4.78 is 37.5. The van der Waals surface area contributed by atoms with Crippen LogP contribution in [0.15, 0.2) is 89.8 Å². The molecule has 1 aliphatic rings. The van der Waals surface area contributed by atoms with E-state index in [0.717, 1.165) is 27.7 Å². The number of nitrogens with one attached hydrogen (secondary N) is 3. The molecule has 45 heavy (non-hydrogen) atoms. The molecule has 0 fully saturated rings. The van der Waals surface area contributed by atoms with E-state index in [9.17, 15) is 8.42 Å². The molecular formula is C34H29Cl2N5O3S. The molecule has 2 heterocycles. The van der Waals surface area contributed by atoms with Crippen molar-refractivity contribution in [2.45, 2.75) is 24.2 Å². The van der Waals surface area contributed by atoms with Crippen LogP contribution in [0.25, 0.3) is 21.8 Å². The maximum Gasteiger partial charge on any atom is 0.262 e. The van der Waals surface area contributed by atoms with Crippen LogP contribution in [0.1, 0.15) is 25.0 Å². The Labute approximate surface area is 271 Å². The number of H-pyrrole nitrogens is 1. The summed E-state index contributed by atoms with van der Waals surface area (Å²) in [6.07, 6.45) is 0. The normalized spacial score (nSPS) is 13.6. The number of aromatic amines is 1. The molecule has 5 aromatic carbocycles. The summed E-state index contributed by atoms with van der Waals surface area (Å²) in [4.78, 5) is 10.0. The van der Waals surface area contributed by atoms with Gasteiger partial charge in [0.25, 0.3) is 10.0 Å². The summed E-state index contributed by atoms with van der Waals surface area (Å²) in [5.74, 6) is 1.36. The number of fused-ring (bicyclic) bond motifs is 4. The first-order valence-corrected chi connectivity index (χ1v) is 16.5. The molecule has 11 heteroatoms. The van der Waals surface area contributed by atoms with Gasteiger partial charge in [-0.25, -0.2) is 13.4 Å². The number of imidazole rings is 1. The van der Waals surface area contributed by atoms with Gasteiger partial charge in [0.1, 0.15) is 0 Å². The Morgan fingerprint density at radius 1 is 0.822 bits per heavy atom. The van der Waals surface area contributed by atoms with Gasteiger partial charge in [0.05, 0.1) is 27.3 Å². The number of nitrogens with zero attached hydrogens (tertiary/aromatic N) is 2. The van der Waals surface area contributed by atoms with Crippen LogP contribution in [0.4, 0.5) is 23.0 Å². The molecule has 0 amide bonds. The fourth-order valence-corrected chi connectivity index (χ4v) is 7.69. The fourth-order valence-electron chi connectivity index (χ4n) is 5.98. The summed E-state index contributed by atoms with van der Waals surface area (Å²) in [7, 11) is -0.237. The van der Waals surface area contributed by atoms with E-state index in [1.165, 1.54) is 0 Å². The lowest BCUT2D eigenvalue weighted by molar-refractivity contribution is 0.422. The summed E-state index contributed by atoms with van der Waals surface area (Å²) in [6.45, 7) is 4.05. The van der Waals surface area contributed by atoms with E-state index in [2.05, 4.69) is 20.0 Å². The lowest BCUT2D eigenvalue weighted by Crippen LogP contribution is -2.26. The molecule has 1 aliphatic heterocycles. The van der Waals surface area contributed by atoms with Crippen molar-refractivity contribution < 1.29 is 13.2 Å². The third kappa shape index (κ3) is 5.01. The van der Waals surface area contributed by atoms with Crippen LogP contribution in [0, 0.1) is 0 Å². The van der Waals surface area contributed by atoms with Crippen LogP contribution in [0.3, 0.4) is 0 Å². The van der Waals surface area contributed by atoms with Gasteiger partial charge in [-0.3, -0.25) is 4.72 Å². The number of para-hydroxylation sites is 2. The third-order valence-corrected chi connectivity index (χ3v) is 10.0. The van der Waals surface area contributed by atoms with E-state index in [-0.39, 0.29) is 10.6 Å². The van der Waals surface area contributed by atoms with E-state index in [4.69, 9.17) is 27.9 Å². The Morgan fingerprint density at radius 3 is 2.18 bits per heavy atom. The Morgan fingerprint density at radius 2 is 1.47 bits per heavy atom. The van der Waals surface area contributed by atoms with Crippen LogP contribution < -0.4 is 19.7 Å². The zero-order valence-electron chi connectivity index (χ0n) is 24.9. The van der Waals surface area contributed by atoms with Crippen LogP contribution in [-0.4, -0.2) is 32.5 Å². The van der Waals surface area contributed by atoms with Crippen LogP contribution in [0.2, 0.25) is 10.0 Å². The van der Waals surface area contributed by atoms with Gasteiger partial charge in [-0.1, -0.05) is 73.4 Å². The van der Waals surface area contributed by atoms with Crippen LogP contribution in [-0.2, 0) is 15.4 Å². The van der Waals surface area contributed by atoms with Crippen LogP contribution >= 0.6 is 23.2 Å². The molecule has 0 radical (unpaired) electrons. The van der Waals surface area contributed by atoms with Crippen molar-refractivity contribution in [2.24, 2.45) is 0 Å². The SMILES string of the molecule is CN(C)c1cccc2c(S(=O)(=O)Nc3cc(Cl)cc4c3Oc3c(Nc5nc6ccccc6[nH]5)cc(Cl)cc3C4(C)C)cccc12. The number of hydrogen-bond acceptors (Lipinski definition) is 6. The standard InChI is InChI=1S/C34H29Cl2N5O3S/c1-34(2)23-15-19(35)17-27(39-33-37-25-11-5-6-12-26(25)38-33)31(23)44-32-24(34)16-20(36)18-28(32)40-45(42,43)30-14-8-9-21-22(30)10-7-13-29(21)41(3)4/h5-18,40H,1-4H3,(H2,37,38,39). The second kappa shape index (κ2) is 10.6. The second-order valence-electron chi connectivity index (χ2n) is 11.7. The minimum absolute atomic E-state index is 0.145. The maximum absolute atomic E-state index is 14.1. The number of ether oxygens (including phenoxy) is 1. The van der Waals surface area contributed by atoms with E-state index in [0.29, 0.717) is 44.1 Å².